The van der Waals surface area contributed by atoms with Gasteiger partial charge in [0, 0.05) is 4.47 Å². The molecule has 1 aliphatic carbocycles. The van der Waals surface area contributed by atoms with Crippen molar-refractivity contribution in [2.75, 3.05) is 0 Å². The van der Waals surface area contributed by atoms with E-state index in [4.69, 9.17) is 0 Å². The molecule has 1 aromatic rings. The van der Waals surface area contributed by atoms with Crippen LogP contribution in [0, 0.1) is 5.92 Å². The average Bonchev–Trinajstić information content (AvgIpc) is 2.11. The lowest BCUT2D eigenvalue weighted by molar-refractivity contribution is 0.118. The fraction of sp³-hybridized carbons (Fsp3) is 0.500. The van der Waals surface area contributed by atoms with Crippen molar-refractivity contribution in [3.05, 3.63) is 34.3 Å². The Morgan fingerprint density at radius 1 is 1.43 bits per heavy atom. The molecule has 1 N–H and O–H groups in total. The summed E-state index contributed by atoms with van der Waals surface area (Å²) in [4.78, 5) is 0. The van der Waals surface area contributed by atoms with Gasteiger partial charge in [0.1, 0.15) is 0 Å². The van der Waals surface area contributed by atoms with E-state index in [1.54, 1.807) is 0 Å². The molecule has 0 bridgehead atoms. The first-order chi connectivity index (χ1) is 6.75. The summed E-state index contributed by atoms with van der Waals surface area (Å²) >= 11 is 3.42. The summed E-state index contributed by atoms with van der Waals surface area (Å²) in [6.07, 6.45) is 4.58. The third-order valence-corrected chi connectivity index (χ3v) is 3.51. The zero-order valence-electron chi connectivity index (χ0n) is 8.12. The van der Waals surface area contributed by atoms with E-state index in [0.717, 1.165) is 22.4 Å². The molecule has 0 heterocycles. The van der Waals surface area contributed by atoms with Gasteiger partial charge in [-0.15, -0.1) is 0 Å². The van der Waals surface area contributed by atoms with E-state index in [-0.39, 0.29) is 6.10 Å². The van der Waals surface area contributed by atoms with E-state index in [1.807, 2.05) is 24.3 Å². The van der Waals surface area contributed by atoms with Crippen LogP contribution in [0.2, 0.25) is 0 Å². The number of benzene rings is 1. The first-order valence-electron chi connectivity index (χ1n) is 5.19. The maximum atomic E-state index is 9.96. The molecule has 0 amide bonds. The van der Waals surface area contributed by atoms with Gasteiger partial charge in [0.25, 0.3) is 0 Å². The Bertz CT molecular complexity index is 307. The predicted octanol–water partition coefficient (Wildman–Crippen LogP) is 3.67. The van der Waals surface area contributed by atoms with Crippen molar-refractivity contribution >= 4 is 15.9 Å². The maximum absolute atomic E-state index is 9.96. The fourth-order valence-corrected chi connectivity index (χ4v) is 2.31. The van der Waals surface area contributed by atoms with Crippen LogP contribution >= 0.6 is 15.9 Å². The van der Waals surface area contributed by atoms with Crippen LogP contribution in [0.25, 0.3) is 0 Å². The highest BCUT2D eigenvalue weighted by molar-refractivity contribution is 9.10. The van der Waals surface area contributed by atoms with Crippen LogP contribution in [0.15, 0.2) is 28.7 Å². The molecule has 1 aliphatic rings. The second-order valence-electron chi connectivity index (χ2n) is 4.10. The van der Waals surface area contributed by atoms with Crippen LogP contribution in [-0.4, -0.2) is 5.11 Å². The molecule has 76 valence electrons. The summed E-state index contributed by atoms with van der Waals surface area (Å²) in [7, 11) is 0. The highest BCUT2D eigenvalue weighted by Crippen LogP contribution is 2.34. The van der Waals surface area contributed by atoms with Crippen LogP contribution in [0.5, 0.6) is 0 Å². The van der Waals surface area contributed by atoms with Gasteiger partial charge in [-0.3, -0.25) is 0 Å². The molecule has 1 atom stereocenters. The number of aliphatic hydroxyl groups excluding tert-OH is 1. The highest BCUT2D eigenvalue weighted by Gasteiger charge is 2.21. The van der Waals surface area contributed by atoms with Crippen molar-refractivity contribution in [3.8, 4) is 0 Å². The lowest BCUT2D eigenvalue weighted by Crippen LogP contribution is -2.14. The van der Waals surface area contributed by atoms with Crippen LogP contribution in [0.4, 0.5) is 0 Å². The topological polar surface area (TPSA) is 20.2 Å². The average molecular weight is 255 g/mol. The molecule has 2 rings (SSSR count). The van der Waals surface area contributed by atoms with Gasteiger partial charge in [0.15, 0.2) is 0 Å². The van der Waals surface area contributed by atoms with E-state index < -0.39 is 0 Å². The maximum Gasteiger partial charge on any atom is 0.0793 e. The second kappa shape index (κ2) is 4.45. The first kappa shape index (κ1) is 10.2. The molecule has 1 fully saturated rings. The summed E-state index contributed by atoms with van der Waals surface area (Å²) in [5.41, 5.74) is 1.03. The lowest BCUT2D eigenvalue weighted by Gasteiger charge is -2.27. The third kappa shape index (κ3) is 2.37. The van der Waals surface area contributed by atoms with Crippen molar-refractivity contribution in [2.45, 2.75) is 31.8 Å². The summed E-state index contributed by atoms with van der Waals surface area (Å²) < 4.78 is 1.04. The zero-order valence-corrected chi connectivity index (χ0v) is 9.70. The van der Waals surface area contributed by atoms with E-state index in [1.165, 1.54) is 19.3 Å². The van der Waals surface area contributed by atoms with Crippen molar-refractivity contribution in [2.24, 2.45) is 5.92 Å². The van der Waals surface area contributed by atoms with Gasteiger partial charge in [-0.05, 0) is 30.0 Å². The number of aliphatic hydroxyl groups is 1. The third-order valence-electron chi connectivity index (χ3n) is 3.01. The zero-order chi connectivity index (χ0) is 9.97. The lowest BCUT2D eigenvalue weighted by atomic mass is 9.80. The number of rotatable bonds is 3. The molecule has 1 saturated carbocycles. The number of hydrogen-bond donors (Lipinski definition) is 1. The van der Waals surface area contributed by atoms with E-state index in [0.29, 0.717) is 0 Å². The van der Waals surface area contributed by atoms with E-state index in [9.17, 15) is 5.11 Å². The molecular formula is C12H15BrO. The number of halogens is 1. The molecule has 0 saturated heterocycles. The van der Waals surface area contributed by atoms with Gasteiger partial charge < -0.3 is 5.11 Å². The van der Waals surface area contributed by atoms with Gasteiger partial charge >= 0.3 is 0 Å². The van der Waals surface area contributed by atoms with Gasteiger partial charge in [-0.1, -0.05) is 47.3 Å². The second-order valence-corrected chi connectivity index (χ2v) is 5.02. The van der Waals surface area contributed by atoms with Crippen LogP contribution in [0.3, 0.4) is 0 Å². The largest absolute Gasteiger partial charge is 0.388 e. The summed E-state index contributed by atoms with van der Waals surface area (Å²) in [6, 6.07) is 7.96. The fourth-order valence-electron chi connectivity index (χ4n) is 1.89. The summed E-state index contributed by atoms with van der Waals surface area (Å²) in [5, 5.41) is 9.96. The molecule has 2 heteroatoms. The summed E-state index contributed by atoms with van der Waals surface area (Å²) in [6.45, 7) is 0. The molecule has 1 nitrogen and oxygen atoms in total. The monoisotopic (exact) mass is 254 g/mol. The normalized spacial score (nSPS) is 19.0. The SMILES string of the molecule is OC(CC1CCC1)c1cccc(Br)c1. The van der Waals surface area contributed by atoms with Crippen molar-refractivity contribution < 1.29 is 5.11 Å². The molecule has 1 aromatic carbocycles. The minimum Gasteiger partial charge on any atom is -0.388 e. The van der Waals surface area contributed by atoms with Crippen LogP contribution in [-0.2, 0) is 0 Å². The Labute approximate surface area is 93.3 Å². The van der Waals surface area contributed by atoms with Crippen molar-refractivity contribution in [3.63, 3.8) is 0 Å². The Kier molecular flexibility index (Phi) is 3.24. The van der Waals surface area contributed by atoms with Gasteiger partial charge in [-0.25, -0.2) is 0 Å². The molecule has 0 spiro atoms. The van der Waals surface area contributed by atoms with E-state index in [2.05, 4.69) is 15.9 Å². The minimum atomic E-state index is -0.280. The first-order valence-corrected chi connectivity index (χ1v) is 5.98. The smallest absolute Gasteiger partial charge is 0.0793 e. The van der Waals surface area contributed by atoms with Crippen molar-refractivity contribution in [1.29, 1.82) is 0 Å². The molecule has 14 heavy (non-hydrogen) atoms. The molecule has 1 unspecified atom stereocenters. The van der Waals surface area contributed by atoms with Gasteiger partial charge in [0.2, 0.25) is 0 Å². The Balaban J connectivity index is 1.98. The predicted molar refractivity (Wildman–Crippen MR) is 61.1 cm³/mol. The highest BCUT2D eigenvalue weighted by atomic mass is 79.9. The molecule has 0 radical (unpaired) electrons. The molecular weight excluding hydrogens is 240 g/mol. The standard InChI is InChI=1S/C12H15BrO/c13-11-6-2-5-10(8-11)12(14)7-9-3-1-4-9/h2,5-6,8-9,12,14H,1,3-4,7H2. The van der Waals surface area contributed by atoms with Crippen LogP contribution in [0.1, 0.15) is 37.4 Å². The summed E-state index contributed by atoms with van der Waals surface area (Å²) in [5.74, 6) is 0.754. The molecule has 0 aromatic heterocycles. The Morgan fingerprint density at radius 3 is 2.79 bits per heavy atom. The Morgan fingerprint density at radius 2 is 2.21 bits per heavy atom. The van der Waals surface area contributed by atoms with Crippen molar-refractivity contribution in [1.82, 2.24) is 0 Å². The quantitative estimate of drug-likeness (QED) is 0.873. The number of hydrogen-bond acceptors (Lipinski definition) is 1. The molecule has 0 aliphatic heterocycles. The van der Waals surface area contributed by atoms with Gasteiger partial charge in [-0.2, -0.15) is 0 Å². The Hall–Kier alpha value is -0.340. The minimum absolute atomic E-state index is 0.280. The van der Waals surface area contributed by atoms with Gasteiger partial charge in [0.05, 0.1) is 6.10 Å². The van der Waals surface area contributed by atoms with Crippen LogP contribution < -0.4 is 0 Å². The van der Waals surface area contributed by atoms with E-state index >= 15 is 0 Å².